The molecule has 0 radical (unpaired) electrons. The summed E-state index contributed by atoms with van der Waals surface area (Å²) in [5, 5.41) is 6.47. The molecule has 0 unspecified atom stereocenters. The van der Waals surface area contributed by atoms with Crippen LogP contribution in [0.3, 0.4) is 0 Å². The van der Waals surface area contributed by atoms with Gasteiger partial charge in [-0.15, -0.1) is 0 Å². The molecule has 1 aromatic carbocycles. The van der Waals surface area contributed by atoms with E-state index in [4.69, 9.17) is 5.73 Å². The normalized spacial score (nSPS) is 11.4. The zero-order valence-corrected chi connectivity index (χ0v) is 13.6. The summed E-state index contributed by atoms with van der Waals surface area (Å²) in [6.07, 6.45) is -1.72. The van der Waals surface area contributed by atoms with Gasteiger partial charge in [0.2, 0.25) is 0 Å². The van der Waals surface area contributed by atoms with E-state index in [1.807, 2.05) is 0 Å². The average Bonchev–Trinajstić information content (AvgIpc) is 2.98. The van der Waals surface area contributed by atoms with Crippen LogP contribution in [0.15, 0.2) is 48.8 Å². The first kappa shape index (κ1) is 17.5. The maximum atomic E-state index is 12.9. The standard InChI is InChI=1S/C17H14F3N5O/c1-10-5-6-11(17(18,19)20)8-13(10)24-16(26)12-9-23-25(15(12)21)14-4-2-3-7-22-14/h2-9H,21H2,1H3,(H,24,26). The first-order valence-electron chi connectivity index (χ1n) is 7.51. The highest BCUT2D eigenvalue weighted by molar-refractivity contribution is 6.07. The van der Waals surface area contributed by atoms with Crippen molar-refractivity contribution in [1.82, 2.24) is 14.8 Å². The number of nitrogens with two attached hydrogens (primary N) is 1. The van der Waals surface area contributed by atoms with Gasteiger partial charge in [-0.2, -0.15) is 23.0 Å². The fraction of sp³-hybridized carbons (Fsp3) is 0.118. The van der Waals surface area contributed by atoms with Crippen LogP contribution in [-0.4, -0.2) is 20.7 Å². The molecule has 0 aliphatic carbocycles. The minimum absolute atomic E-state index is 0.0332. The predicted molar refractivity (Wildman–Crippen MR) is 89.9 cm³/mol. The Morgan fingerprint density at radius 1 is 1.23 bits per heavy atom. The van der Waals surface area contributed by atoms with E-state index >= 15 is 0 Å². The molecule has 0 saturated carbocycles. The van der Waals surface area contributed by atoms with Gasteiger partial charge in [0.25, 0.3) is 5.91 Å². The maximum absolute atomic E-state index is 12.9. The minimum Gasteiger partial charge on any atom is -0.383 e. The number of anilines is 2. The molecule has 2 aromatic heterocycles. The molecule has 0 bridgehead atoms. The molecule has 6 nitrogen and oxygen atoms in total. The van der Waals surface area contributed by atoms with E-state index in [1.54, 1.807) is 31.3 Å². The van der Waals surface area contributed by atoms with Crippen LogP contribution in [0.2, 0.25) is 0 Å². The molecule has 0 spiro atoms. The molecular formula is C17H14F3N5O. The number of alkyl halides is 3. The van der Waals surface area contributed by atoms with Gasteiger partial charge in [0.15, 0.2) is 5.82 Å². The molecule has 0 atom stereocenters. The number of nitrogens with zero attached hydrogens (tertiary/aromatic N) is 3. The minimum atomic E-state index is -4.50. The molecule has 26 heavy (non-hydrogen) atoms. The molecule has 3 rings (SSSR count). The number of nitrogens with one attached hydrogen (secondary N) is 1. The third-order valence-electron chi connectivity index (χ3n) is 3.73. The second kappa shape index (κ2) is 6.51. The summed E-state index contributed by atoms with van der Waals surface area (Å²) in [5.41, 5.74) is 5.67. The Labute approximate surface area is 146 Å². The average molecular weight is 361 g/mol. The van der Waals surface area contributed by atoms with Crippen molar-refractivity contribution in [1.29, 1.82) is 0 Å². The van der Waals surface area contributed by atoms with E-state index in [0.29, 0.717) is 11.4 Å². The summed E-state index contributed by atoms with van der Waals surface area (Å²) in [7, 11) is 0. The number of halogens is 3. The van der Waals surface area contributed by atoms with Crippen molar-refractivity contribution in [3.05, 3.63) is 65.5 Å². The van der Waals surface area contributed by atoms with Crippen molar-refractivity contribution in [2.45, 2.75) is 13.1 Å². The summed E-state index contributed by atoms with van der Waals surface area (Å²) in [6, 6.07) is 8.23. The molecular weight excluding hydrogens is 347 g/mol. The SMILES string of the molecule is Cc1ccc(C(F)(F)F)cc1NC(=O)c1cnn(-c2ccccn2)c1N. The lowest BCUT2D eigenvalue weighted by molar-refractivity contribution is -0.137. The quantitative estimate of drug-likeness (QED) is 0.748. The predicted octanol–water partition coefficient (Wildman–Crippen LogP) is 3.43. The van der Waals surface area contributed by atoms with Crippen LogP contribution in [0, 0.1) is 6.92 Å². The van der Waals surface area contributed by atoms with Gasteiger partial charge in [0, 0.05) is 11.9 Å². The van der Waals surface area contributed by atoms with Gasteiger partial charge >= 0.3 is 6.18 Å². The monoisotopic (exact) mass is 361 g/mol. The molecule has 3 aromatic rings. The molecule has 9 heteroatoms. The largest absolute Gasteiger partial charge is 0.416 e. The van der Waals surface area contributed by atoms with Gasteiger partial charge in [-0.25, -0.2) is 4.98 Å². The van der Waals surface area contributed by atoms with Gasteiger partial charge < -0.3 is 11.1 Å². The van der Waals surface area contributed by atoms with Crippen LogP contribution in [0.4, 0.5) is 24.7 Å². The number of rotatable bonds is 3. The highest BCUT2D eigenvalue weighted by Gasteiger charge is 2.31. The number of carbonyl (C=O) groups excluding carboxylic acids is 1. The van der Waals surface area contributed by atoms with E-state index in [-0.39, 0.29) is 17.1 Å². The summed E-state index contributed by atoms with van der Waals surface area (Å²) in [6.45, 7) is 1.59. The third kappa shape index (κ3) is 3.37. The molecule has 0 aliphatic rings. The van der Waals surface area contributed by atoms with Crippen LogP contribution in [0.25, 0.3) is 5.82 Å². The lowest BCUT2D eigenvalue weighted by atomic mass is 10.1. The van der Waals surface area contributed by atoms with E-state index in [0.717, 1.165) is 12.1 Å². The Morgan fingerprint density at radius 2 is 2.00 bits per heavy atom. The number of amides is 1. The van der Waals surface area contributed by atoms with Crippen molar-refractivity contribution in [2.24, 2.45) is 0 Å². The van der Waals surface area contributed by atoms with E-state index in [1.165, 1.54) is 16.9 Å². The smallest absolute Gasteiger partial charge is 0.383 e. The summed E-state index contributed by atoms with van der Waals surface area (Å²) in [5.74, 6) is -0.211. The maximum Gasteiger partial charge on any atom is 0.416 e. The summed E-state index contributed by atoms with van der Waals surface area (Å²) in [4.78, 5) is 16.5. The molecule has 3 N–H and O–H groups in total. The Bertz CT molecular complexity index is 951. The van der Waals surface area contributed by atoms with E-state index in [2.05, 4.69) is 15.4 Å². The van der Waals surface area contributed by atoms with Crippen LogP contribution >= 0.6 is 0 Å². The van der Waals surface area contributed by atoms with Gasteiger partial charge in [-0.05, 0) is 36.8 Å². The Morgan fingerprint density at radius 3 is 2.65 bits per heavy atom. The number of nitrogen functional groups attached to an aromatic ring is 1. The second-order valence-corrected chi connectivity index (χ2v) is 5.52. The first-order valence-corrected chi connectivity index (χ1v) is 7.51. The van der Waals surface area contributed by atoms with Crippen LogP contribution in [0.1, 0.15) is 21.5 Å². The van der Waals surface area contributed by atoms with Crippen molar-refractivity contribution in [3.8, 4) is 5.82 Å². The van der Waals surface area contributed by atoms with Crippen molar-refractivity contribution >= 4 is 17.4 Å². The summed E-state index contributed by atoms with van der Waals surface area (Å²) >= 11 is 0. The number of carbonyl (C=O) groups is 1. The topological polar surface area (TPSA) is 85.8 Å². The fourth-order valence-electron chi connectivity index (χ4n) is 2.32. The number of hydrogen-bond acceptors (Lipinski definition) is 4. The van der Waals surface area contributed by atoms with Crippen molar-refractivity contribution in [2.75, 3.05) is 11.1 Å². The third-order valence-corrected chi connectivity index (χ3v) is 3.73. The molecule has 2 heterocycles. The van der Waals surface area contributed by atoms with Crippen molar-refractivity contribution in [3.63, 3.8) is 0 Å². The van der Waals surface area contributed by atoms with Crippen LogP contribution in [-0.2, 0) is 6.18 Å². The van der Waals surface area contributed by atoms with E-state index in [9.17, 15) is 18.0 Å². The lowest BCUT2D eigenvalue weighted by Crippen LogP contribution is -2.16. The Hall–Kier alpha value is -3.36. The van der Waals surface area contributed by atoms with Crippen LogP contribution in [0.5, 0.6) is 0 Å². The highest BCUT2D eigenvalue weighted by atomic mass is 19.4. The van der Waals surface area contributed by atoms with Gasteiger partial charge in [-0.1, -0.05) is 12.1 Å². The summed E-state index contributed by atoms with van der Waals surface area (Å²) < 4.78 is 39.9. The number of aromatic nitrogens is 3. The first-order chi connectivity index (χ1) is 12.3. The van der Waals surface area contributed by atoms with Gasteiger partial charge in [0.1, 0.15) is 11.4 Å². The molecule has 134 valence electrons. The Balaban J connectivity index is 1.89. The fourth-order valence-corrected chi connectivity index (χ4v) is 2.32. The van der Waals surface area contributed by atoms with Gasteiger partial charge in [-0.3, -0.25) is 4.79 Å². The lowest BCUT2D eigenvalue weighted by Gasteiger charge is -2.12. The number of hydrogen-bond donors (Lipinski definition) is 2. The zero-order valence-electron chi connectivity index (χ0n) is 13.6. The Kier molecular flexibility index (Phi) is 4.37. The van der Waals surface area contributed by atoms with Crippen molar-refractivity contribution < 1.29 is 18.0 Å². The van der Waals surface area contributed by atoms with Crippen LogP contribution < -0.4 is 11.1 Å². The van der Waals surface area contributed by atoms with Gasteiger partial charge in [0.05, 0.1) is 11.8 Å². The molecule has 0 aliphatic heterocycles. The zero-order chi connectivity index (χ0) is 18.9. The molecule has 1 amide bonds. The molecule has 0 fully saturated rings. The number of aryl methyl sites for hydroxylation is 1. The number of pyridine rings is 1. The molecule has 0 saturated heterocycles. The second-order valence-electron chi connectivity index (χ2n) is 5.52. The van der Waals surface area contributed by atoms with E-state index < -0.39 is 17.6 Å². The number of benzene rings is 1. The highest BCUT2D eigenvalue weighted by Crippen LogP contribution is 2.32.